The lowest BCUT2D eigenvalue weighted by Gasteiger charge is -2.40. The molecule has 2 rings (SSSR count). The van der Waals surface area contributed by atoms with Crippen molar-refractivity contribution < 1.29 is 102 Å². The topological polar surface area (TPSA) is 62.7 Å². The van der Waals surface area contributed by atoms with Crippen LogP contribution in [0.2, 0.25) is 0 Å². The summed E-state index contributed by atoms with van der Waals surface area (Å²) >= 11 is 0. The van der Waals surface area contributed by atoms with Crippen molar-refractivity contribution in [2.24, 2.45) is 0 Å². The largest absolute Gasteiger partial charge is 0.490 e. The first-order valence-corrected chi connectivity index (χ1v) is 15.6. The van der Waals surface area contributed by atoms with Gasteiger partial charge in [-0.25, -0.2) is 23.5 Å². The molecule has 2 aromatic rings. The number of alkyl halides is 19. The van der Waals surface area contributed by atoms with E-state index in [-0.39, 0.29) is 12.4 Å². The number of hydrogen-bond acceptors (Lipinski definition) is 6. The van der Waals surface area contributed by atoms with Crippen LogP contribution in [0.4, 0.5) is 83.4 Å². The van der Waals surface area contributed by atoms with Gasteiger partial charge in [0.05, 0.1) is 24.6 Å². The summed E-state index contributed by atoms with van der Waals surface area (Å²) in [6.07, 6.45) is -29.5. The third-order valence-electron chi connectivity index (χ3n) is 7.22. The van der Waals surface area contributed by atoms with E-state index in [1.54, 1.807) is 0 Å². The Balaban J connectivity index is 2.40. The van der Waals surface area contributed by atoms with E-state index in [0.717, 1.165) is 75.5 Å². The summed E-state index contributed by atoms with van der Waals surface area (Å²) in [5.74, 6) is -35.9. The normalized spacial score (nSPS) is 14.7. The number of ether oxygens (including phenoxy) is 4. The minimum Gasteiger partial charge on any atom is -0.490 e. The molecule has 0 aliphatic rings. The SMILES string of the molecule is CCCCCCCCCCOc1cnc(-c2ccccc2OC(OC(F)(F)C(F)F)C(F)(F)OC(F)(F)C(F)(F)C(F)(F)C(F)(F)C(F)(F)C(F)(F)F)nc1. The van der Waals surface area contributed by atoms with E-state index in [9.17, 15) is 83.4 Å². The van der Waals surface area contributed by atoms with Gasteiger partial charge in [-0.15, -0.1) is 0 Å². The number of halogens is 19. The molecule has 0 saturated heterocycles. The van der Waals surface area contributed by atoms with Gasteiger partial charge in [0.15, 0.2) is 11.6 Å². The molecule has 0 aliphatic carbocycles. The number of aromatic nitrogens is 2. The third kappa shape index (κ3) is 10.9. The van der Waals surface area contributed by atoms with Crippen molar-refractivity contribution in [3.8, 4) is 22.9 Å². The summed E-state index contributed by atoms with van der Waals surface area (Å²) in [4.78, 5) is 7.52. The van der Waals surface area contributed by atoms with E-state index in [2.05, 4.69) is 26.4 Å². The highest BCUT2D eigenvalue weighted by Gasteiger charge is 2.92. The molecule has 1 atom stereocenters. The maximum absolute atomic E-state index is 14.9. The number of hydrogen-bond donors (Lipinski definition) is 0. The van der Waals surface area contributed by atoms with Crippen molar-refractivity contribution in [2.45, 2.75) is 119 Å². The fraction of sp³-hybridized carbons (Fsp3) is 0.667. The molecule has 316 valence electrons. The average Bonchev–Trinajstić information content (AvgIpc) is 3.06. The first kappa shape index (κ1) is 47.6. The molecule has 1 unspecified atom stereocenters. The van der Waals surface area contributed by atoms with E-state index in [1.807, 2.05) is 4.74 Å². The van der Waals surface area contributed by atoms with Gasteiger partial charge in [0, 0.05) is 0 Å². The average molecular weight is 843 g/mol. The van der Waals surface area contributed by atoms with Crippen LogP contribution < -0.4 is 9.47 Å². The van der Waals surface area contributed by atoms with Crippen LogP contribution in [0.15, 0.2) is 36.7 Å². The van der Waals surface area contributed by atoms with Gasteiger partial charge in [0.1, 0.15) is 5.75 Å². The zero-order valence-corrected chi connectivity index (χ0v) is 27.7. The molecular formula is C30H29F19N2O4. The predicted molar refractivity (Wildman–Crippen MR) is 149 cm³/mol. The minimum absolute atomic E-state index is 0.00125. The van der Waals surface area contributed by atoms with E-state index in [0.29, 0.717) is 12.5 Å². The first-order chi connectivity index (χ1) is 25.0. The predicted octanol–water partition coefficient (Wildman–Crippen LogP) is 11.5. The monoisotopic (exact) mass is 842 g/mol. The molecule has 1 aromatic heterocycles. The molecule has 0 amide bonds. The van der Waals surface area contributed by atoms with Crippen LogP contribution >= 0.6 is 0 Å². The summed E-state index contributed by atoms with van der Waals surface area (Å²) < 4.78 is 272. The summed E-state index contributed by atoms with van der Waals surface area (Å²) in [6.45, 7) is 2.24. The van der Waals surface area contributed by atoms with Crippen molar-refractivity contribution in [3.63, 3.8) is 0 Å². The molecule has 55 heavy (non-hydrogen) atoms. The van der Waals surface area contributed by atoms with Crippen LogP contribution in [0.3, 0.4) is 0 Å². The zero-order valence-electron chi connectivity index (χ0n) is 27.7. The van der Waals surface area contributed by atoms with Gasteiger partial charge in [-0.05, 0) is 18.6 Å². The standard InChI is InChI=1S/C30H29F19N2O4/c1-2-3-4-5-6-7-8-11-14-52-17-15-50-20(51-16-17)18-12-9-10-13-19(18)53-22(54-23(33,34)21(31)32)24(35,36)55-30(48,49)28(43,44)26(39,40)25(37,38)27(41,42)29(45,46)47/h9-10,12-13,15-16,21-22H,2-8,11,14H2,1H3. The molecule has 0 spiro atoms. The second kappa shape index (κ2) is 17.7. The van der Waals surface area contributed by atoms with Gasteiger partial charge in [-0.3, -0.25) is 4.74 Å². The smallest absolute Gasteiger partial charge is 0.460 e. The van der Waals surface area contributed by atoms with Crippen molar-refractivity contribution >= 4 is 0 Å². The lowest BCUT2D eigenvalue weighted by molar-refractivity contribution is -0.513. The molecule has 0 aliphatic heterocycles. The fourth-order valence-corrected chi connectivity index (χ4v) is 4.22. The lowest BCUT2D eigenvalue weighted by Crippen LogP contribution is -2.71. The lowest BCUT2D eigenvalue weighted by atomic mass is 9.97. The van der Waals surface area contributed by atoms with Gasteiger partial charge in [-0.1, -0.05) is 64.0 Å². The number of nitrogens with zero attached hydrogens (tertiary/aromatic N) is 2. The molecule has 0 N–H and O–H groups in total. The first-order valence-electron chi connectivity index (χ1n) is 15.6. The number of para-hydroxylation sites is 1. The molecule has 0 radical (unpaired) electrons. The molecule has 0 bridgehead atoms. The van der Waals surface area contributed by atoms with Crippen LogP contribution in [-0.2, 0) is 9.47 Å². The van der Waals surface area contributed by atoms with E-state index in [1.165, 1.54) is 0 Å². The summed E-state index contributed by atoms with van der Waals surface area (Å²) in [5, 5.41) is 0. The van der Waals surface area contributed by atoms with Crippen LogP contribution in [0.5, 0.6) is 11.5 Å². The maximum Gasteiger partial charge on any atom is 0.460 e. The Morgan fingerprint density at radius 2 is 1.09 bits per heavy atom. The summed E-state index contributed by atoms with van der Waals surface area (Å²) in [7, 11) is 0. The van der Waals surface area contributed by atoms with Gasteiger partial charge in [0.25, 0.3) is 6.29 Å². The quantitative estimate of drug-likeness (QED) is 0.0631. The molecule has 25 heteroatoms. The molecular weight excluding hydrogens is 813 g/mol. The van der Waals surface area contributed by atoms with Crippen LogP contribution in [0.25, 0.3) is 11.4 Å². The third-order valence-corrected chi connectivity index (χ3v) is 7.22. The Hall–Kier alpha value is -3.51. The van der Waals surface area contributed by atoms with Gasteiger partial charge in [0.2, 0.25) is 0 Å². The van der Waals surface area contributed by atoms with Crippen molar-refractivity contribution in [2.75, 3.05) is 6.61 Å². The van der Waals surface area contributed by atoms with Gasteiger partial charge in [-0.2, -0.15) is 74.6 Å². The van der Waals surface area contributed by atoms with Crippen molar-refractivity contribution in [1.29, 1.82) is 0 Å². The van der Waals surface area contributed by atoms with E-state index >= 15 is 0 Å². The van der Waals surface area contributed by atoms with E-state index in [4.69, 9.17) is 4.74 Å². The highest BCUT2D eigenvalue weighted by Crippen LogP contribution is 2.61. The second-order valence-corrected chi connectivity index (χ2v) is 11.5. The number of rotatable bonds is 23. The maximum atomic E-state index is 14.9. The molecule has 0 saturated carbocycles. The fourth-order valence-electron chi connectivity index (χ4n) is 4.22. The summed E-state index contributed by atoms with van der Waals surface area (Å²) in [5.41, 5.74) is -0.723. The zero-order chi connectivity index (χ0) is 42.3. The van der Waals surface area contributed by atoms with Gasteiger partial charge >= 0.3 is 54.6 Å². The number of benzene rings is 1. The highest BCUT2D eigenvalue weighted by molar-refractivity contribution is 5.63. The van der Waals surface area contributed by atoms with Crippen molar-refractivity contribution in [1.82, 2.24) is 9.97 Å². The molecule has 1 heterocycles. The van der Waals surface area contributed by atoms with Crippen LogP contribution in [0, 0.1) is 0 Å². The highest BCUT2D eigenvalue weighted by atomic mass is 19.4. The van der Waals surface area contributed by atoms with Crippen molar-refractivity contribution in [3.05, 3.63) is 36.7 Å². The molecule has 0 fully saturated rings. The second-order valence-electron chi connectivity index (χ2n) is 11.5. The Morgan fingerprint density at radius 3 is 1.60 bits per heavy atom. The Kier molecular flexibility index (Phi) is 15.4. The molecule has 6 nitrogen and oxygen atoms in total. The molecule has 1 aromatic carbocycles. The van der Waals surface area contributed by atoms with E-state index < -0.39 is 78.0 Å². The Labute approximate surface area is 298 Å². The van der Waals surface area contributed by atoms with Crippen LogP contribution in [-0.4, -0.2) is 77.5 Å². The number of unbranched alkanes of at least 4 members (excludes halogenated alkanes) is 7. The Bertz CT molecular complexity index is 1490. The summed E-state index contributed by atoms with van der Waals surface area (Å²) in [6, 6.07) is 3.07. The van der Waals surface area contributed by atoms with Crippen LogP contribution in [0.1, 0.15) is 58.3 Å². The van der Waals surface area contributed by atoms with Gasteiger partial charge < -0.3 is 9.47 Å². The minimum atomic E-state index is -8.64. The Morgan fingerprint density at radius 1 is 0.600 bits per heavy atom.